The number of carbonyl (C=O) groups excluding carboxylic acids is 1. The van der Waals surface area contributed by atoms with Crippen LogP contribution in [0.3, 0.4) is 0 Å². The second kappa shape index (κ2) is 14.6. The Kier molecular flexibility index (Phi) is 20.4. The van der Waals surface area contributed by atoms with Gasteiger partial charge in [0.15, 0.2) is 0 Å². The van der Waals surface area contributed by atoms with Crippen molar-refractivity contribution in [3.05, 3.63) is 12.2 Å². The first-order valence-corrected chi connectivity index (χ1v) is 4.68. The molecular weight excluding hydrogens is 294 g/mol. The minimum Gasteiger partial charge on any atom is -0.396 e. The molecule has 0 fully saturated rings. The van der Waals surface area contributed by atoms with Gasteiger partial charge in [-0.15, -0.1) is 0 Å². The topological polar surface area (TPSA) is 104 Å². The van der Waals surface area contributed by atoms with Gasteiger partial charge in [0.1, 0.15) is 0 Å². The predicted molar refractivity (Wildman–Crippen MR) is 57.8 cm³/mol. The second-order valence-electron chi connectivity index (χ2n) is 2.61. The summed E-state index contributed by atoms with van der Waals surface area (Å²) in [4.78, 5) is 9.19. The molecule has 5 N–H and O–H groups in total. The number of hydrogen-bond donors (Lipinski definition) is 4. The summed E-state index contributed by atoms with van der Waals surface area (Å²) in [7, 11) is 1.80. The van der Waals surface area contributed by atoms with Gasteiger partial charge in [-0.25, -0.2) is 0 Å². The van der Waals surface area contributed by atoms with E-state index in [2.05, 4.69) is 5.73 Å². The Balaban J connectivity index is -0.000000249. The number of nitrogens with two attached hydrogens (primary N) is 1. The van der Waals surface area contributed by atoms with E-state index in [1.165, 1.54) is 12.2 Å². The van der Waals surface area contributed by atoms with Crippen LogP contribution in [-0.2, 0) is 32.7 Å². The molecule has 87 valence electrons. The molecule has 0 aromatic heterocycles. The third kappa shape index (κ3) is 31.3. The van der Waals surface area contributed by atoms with Gasteiger partial charge in [-0.3, -0.25) is 4.79 Å². The SMILES string of the molecule is CC(O)/C=C/C(O)CCO.NC(=O)P.[Y]. The Bertz CT molecular complexity index is 174. The summed E-state index contributed by atoms with van der Waals surface area (Å²) in [5.74, 6) is 0. The van der Waals surface area contributed by atoms with Crippen molar-refractivity contribution in [1.82, 2.24) is 0 Å². The van der Waals surface area contributed by atoms with E-state index in [4.69, 9.17) is 15.3 Å². The molecule has 0 rings (SSSR count). The summed E-state index contributed by atoms with van der Waals surface area (Å²) < 4.78 is 0. The maximum absolute atomic E-state index is 9.19. The van der Waals surface area contributed by atoms with E-state index in [9.17, 15) is 4.79 Å². The normalized spacial score (nSPS) is 13.4. The van der Waals surface area contributed by atoms with Crippen LogP contribution in [0.4, 0.5) is 4.79 Å². The fourth-order valence-electron chi connectivity index (χ4n) is 0.518. The van der Waals surface area contributed by atoms with Crippen molar-refractivity contribution >= 4 is 14.9 Å². The molecule has 5 nitrogen and oxygen atoms in total. The van der Waals surface area contributed by atoms with Gasteiger partial charge in [-0.2, -0.15) is 0 Å². The summed E-state index contributed by atoms with van der Waals surface area (Å²) >= 11 is 0. The molecule has 0 aliphatic heterocycles. The monoisotopic (exact) mass is 312 g/mol. The van der Waals surface area contributed by atoms with Gasteiger partial charge in [0.05, 0.1) is 12.2 Å². The van der Waals surface area contributed by atoms with Crippen molar-refractivity contribution < 1.29 is 52.8 Å². The van der Waals surface area contributed by atoms with E-state index in [0.717, 1.165) is 0 Å². The van der Waals surface area contributed by atoms with E-state index >= 15 is 0 Å². The molecule has 0 saturated heterocycles. The average molecular weight is 312 g/mol. The molecule has 0 aromatic rings. The first-order valence-electron chi connectivity index (χ1n) is 4.10. The molecule has 1 radical (unpaired) electrons. The maximum atomic E-state index is 9.19. The summed E-state index contributed by atoms with van der Waals surface area (Å²) in [5, 5.41) is 26.0. The fraction of sp³-hybridized carbons (Fsp3) is 0.625. The Morgan fingerprint density at radius 3 is 2.13 bits per heavy atom. The van der Waals surface area contributed by atoms with Crippen molar-refractivity contribution in [3.63, 3.8) is 0 Å². The number of carbonyl (C=O) groups is 1. The number of hydrogen-bond acceptors (Lipinski definition) is 4. The summed E-state index contributed by atoms with van der Waals surface area (Å²) in [6.07, 6.45) is 2.11. The van der Waals surface area contributed by atoms with Crippen LogP contribution >= 0.6 is 9.24 Å². The maximum Gasteiger partial charge on any atom is 0.232 e. The smallest absolute Gasteiger partial charge is 0.232 e. The number of rotatable bonds is 4. The number of amides is 1. The van der Waals surface area contributed by atoms with Crippen molar-refractivity contribution in [2.75, 3.05) is 6.61 Å². The number of aliphatic hydroxyl groups is 3. The standard InChI is InChI=1S/C7H14O3.CH4NOP.Y/c1-6(9)2-3-7(10)4-5-8;2-1(3)4;/h2-3,6-10H,4-5H2,1H3;4H2,(H2,2,3);/b3-2+;;. The zero-order valence-electron chi connectivity index (χ0n) is 8.71. The molecule has 0 heterocycles. The summed E-state index contributed by atoms with van der Waals surface area (Å²) in [5.41, 5.74) is 4.02. The van der Waals surface area contributed by atoms with Gasteiger partial charge in [0.2, 0.25) is 5.65 Å². The summed E-state index contributed by atoms with van der Waals surface area (Å²) in [6.45, 7) is 1.56. The minimum absolute atomic E-state index is 0. The van der Waals surface area contributed by atoms with Crippen molar-refractivity contribution in [2.24, 2.45) is 5.73 Å². The molecule has 1 amide bonds. The van der Waals surface area contributed by atoms with Gasteiger partial charge in [0, 0.05) is 39.3 Å². The molecule has 3 atom stereocenters. The van der Waals surface area contributed by atoms with Gasteiger partial charge in [-0.1, -0.05) is 12.2 Å². The Hall–Kier alpha value is 0.624. The van der Waals surface area contributed by atoms with E-state index in [1.54, 1.807) is 16.2 Å². The van der Waals surface area contributed by atoms with Gasteiger partial charge >= 0.3 is 0 Å². The zero-order chi connectivity index (χ0) is 11.6. The van der Waals surface area contributed by atoms with Crippen LogP contribution in [0.15, 0.2) is 12.2 Å². The van der Waals surface area contributed by atoms with E-state index < -0.39 is 17.9 Å². The fourth-order valence-corrected chi connectivity index (χ4v) is 0.518. The molecule has 0 aliphatic carbocycles. The Labute approximate surface area is 117 Å². The van der Waals surface area contributed by atoms with Crippen LogP contribution < -0.4 is 5.73 Å². The van der Waals surface area contributed by atoms with E-state index in [0.29, 0.717) is 6.42 Å². The average Bonchev–Trinajstić information content (AvgIpc) is 2.00. The largest absolute Gasteiger partial charge is 0.396 e. The van der Waals surface area contributed by atoms with Gasteiger partial charge in [-0.05, 0) is 22.6 Å². The Morgan fingerprint density at radius 1 is 1.47 bits per heavy atom. The van der Waals surface area contributed by atoms with E-state index in [-0.39, 0.29) is 39.3 Å². The third-order valence-corrected chi connectivity index (χ3v) is 1.04. The van der Waals surface area contributed by atoms with Crippen LogP contribution in [0.25, 0.3) is 0 Å². The molecule has 0 aliphatic rings. The molecule has 3 unspecified atom stereocenters. The van der Waals surface area contributed by atoms with Gasteiger partial charge in [0.25, 0.3) is 0 Å². The van der Waals surface area contributed by atoms with Crippen LogP contribution in [0.5, 0.6) is 0 Å². The van der Waals surface area contributed by atoms with Crippen molar-refractivity contribution in [2.45, 2.75) is 25.6 Å². The van der Waals surface area contributed by atoms with Crippen molar-refractivity contribution in [1.29, 1.82) is 0 Å². The van der Waals surface area contributed by atoms with Gasteiger partial charge < -0.3 is 21.1 Å². The van der Waals surface area contributed by atoms with Crippen LogP contribution in [0.2, 0.25) is 0 Å². The minimum atomic E-state index is -0.639. The summed E-state index contributed by atoms with van der Waals surface area (Å²) in [6, 6.07) is 0. The van der Waals surface area contributed by atoms with Crippen LogP contribution in [0.1, 0.15) is 13.3 Å². The van der Waals surface area contributed by atoms with Crippen LogP contribution in [-0.4, -0.2) is 39.8 Å². The first-order chi connectivity index (χ1) is 6.40. The zero-order valence-corrected chi connectivity index (χ0v) is 12.7. The third-order valence-electron chi connectivity index (χ3n) is 1.04. The molecule has 15 heavy (non-hydrogen) atoms. The molecular formula is C8H18NO4PY. The second-order valence-corrected chi connectivity index (χ2v) is 3.18. The first kappa shape index (κ1) is 21.0. The number of aliphatic hydroxyl groups excluding tert-OH is 3. The molecule has 0 saturated carbocycles. The Morgan fingerprint density at radius 2 is 1.87 bits per heavy atom. The van der Waals surface area contributed by atoms with Crippen LogP contribution in [0, 0.1) is 0 Å². The molecule has 7 heteroatoms. The van der Waals surface area contributed by atoms with Crippen molar-refractivity contribution in [3.8, 4) is 0 Å². The quantitative estimate of drug-likeness (QED) is 0.419. The molecule has 0 bridgehead atoms. The number of primary amides is 1. The molecule has 0 aromatic carbocycles. The van der Waals surface area contributed by atoms with E-state index in [1.807, 2.05) is 0 Å². The predicted octanol–water partition coefficient (Wildman–Crippen LogP) is -0.396. The molecule has 0 spiro atoms.